The number of methoxy groups -OCH3 is 1. The normalized spacial score (nSPS) is 21.9. The molecule has 32 heavy (non-hydrogen) atoms. The Labute approximate surface area is 191 Å². The standard InChI is InChI=1S/C23H35N3O5S/c1-17(22(27)25-19-9-5-3-4-6-10-19)24-23(28)18-8-7-15-26(16-18)32(29,30)21-13-11-20(31-2)12-14-21/h11-14,17-19H,3-10,15-16H2,1-2H3,(H,24,28)(H,25,27)/t17-,18?/m1/s1. The van der Waals surface area contributed by atoms with Crippen LogP contribution in [0.25, 0.3) is 0 Å². The minimum atomic E-state index is -3.70. The number of nitrogens with zero attached hydrogens (tertiary/aromatic N) is 1. The van der Waals surface area contributed by atoms with Crippen LogP contribution in [-0.4, -0.2) is 56.8 Å². The maximum atomic E-state index is 13.0. The molecule has 8 nitrogen and oxygen atoms in total. The molecular weight excluding hydrogens is 430 g/mol. The molecular formula is C23H35N3O5S. The maximum absolute atomic E-state index is 13.0. The zero-order valence-corrected chi connectivity index (χ0v) is 19.8. The summed E-state index contributed by atoms with van der Waals surface area (Å²) < 4.78 is 32.5. The van der Waals surface area contributed by atoms with Crippen LogP contribution >= 0.6 is 0 Å². The molecule has 2 amide bonds. The number of carbonyl (C=O) groups is 2. The summed E-state index contributed by atoms with van der Waals surface area (Å²) in [5.41, 5.74) is 0. The van der Waals surface area contributed by atoms with Gasteiger partial charge in [0.1, 0.15) is 11.8 Å². The van der Waals surface area contributed by atoms with Crippen molar-refractivity contribution in [2.24, 2.45) is 5.92 Å². The number of rotatable bonds is 7. The minimum absolute atomic E-state index is 0.108. The van der Waals surface area contributed by atoms with Gasteiger partial charge in [0, 0.05) is 19.1 Å². The maximum Gasteiger partial charge on any atom is 0.243 e. The Morgan fingerprint density at radius 2 is 1.69 bits per heavy atom. The molecule has 0 aromatic heterocycles. The minimum Gasteiger partial charge on any atom is -0.497 e. The summed E-state index contributed by atoms with van der Waals surface area (Å²) in [6.45, 7) is 2.16. The lowest BCUT2D eigenvalue weighted by molar-refractivity contribution is -0.131. The Hall–Kier alpha value is -2.13. The monoisotopic (exact) mass is 465 g/mol. The number of nitrogens with one attached hydrogen (secondary N) is 2. The van der Waals surface area contributed by atoms with Gasteiger partial charge in [0.05, 0.1) is 17.9 Å². The molecule has 2 fully saturated rings. The van der Waals surface area contributed by atoms with Crippen molar-refractivity contribution in [3.05, 3.63) is 24.3 Å². The molecule has 1 unspecified atom stereocenters. The summed E-state index contributed by atoms with van der Waals surface area (Å²) >= 11 is 0. The van der Waals surface area contributed by atoms with Gasteiger partial charge in [-0.1, -0.05) is 25.7 Å². The van der Waals surface area contributed by atoms with Gasteiger partial charge in [-0.3, -0.25) is 9.59 Å². The highest BCUT2D eigenvalue weighted by atomic mass is 32.2. The number of sulfonamides is 1. The highest BCUT2D eigenvalue weighted by molar-refractivity contribution is 7.89. The lowest BCUT2D eigenvalue weighted by Crippen LogP contribution is -2.52. The fraction of sp³-hybridized carbons (Fsp3) is 0.652. The van der Waals surface area contributed by atoms with Crippen LogP contribution in [0.4, 0.5) is 0 Å². The SMILES string of the molecule is COc1ccc(S(=O)(=O)N2CCCC(C(=O)N[C@H](C)C(=O)NC3CCCCCC3)C2)cc1. The molecule has 1 aromatic rings. The van der Waals surface area contributed by atoms with Crippen molar-refractivity contribution in [3.63, 3.8) is 0 Å². The van der Waals surface area contributed by atoms with Crippen molar-refractivity contribution in [1.82, 2.24) is 14.9 Å². The van der Waals surface area contributed by atoms with Gasteiger partial charge < -0.3 is 15.4 Å². The Kier molecular flexibility index (Phi) is 8.53. The molecule has 2 aliphatic rings. The van der Waals surface area contributed by atoms with Crippen molar-refractivity contribution in [3.8, 4) is 5.75 Å². The first kappa shape index (κ1) is 24.5. The van der Waals surface area contributed by atoms with Crippen molar-refractivity contribution in [2.75, 3.05) is 20.2 Å². The van der Waals surface area contributed by atoms with Gasteiger partial charge in [-0.2, -0.15) is 4.31 Å². The quantitative estimate of drug-likeness (QED) is 0.602. The molecule has 0 spiro atoms. The van der Waals surface area contributed by atoms with Crippen molar-refractivity contribution >= 4 is 21.8 Å². The van der Waals surface area contributed by atoms with Gasteiger partial charge in [0.15, 0.2) is 0 Å². The van der Waals surface area contributed by atoms with Gasteiger partial charge in [-0.05, 0) is 56.9 Å². The highest BCUT2D eigenvalue weighted by Crippen LogP contribution is 2.25. The molecule has 1 heterocycles. The predicted octanol–water partition coefficient (Wildman–Crippen LogP) is 2.44. The van der Waals surface area contributed by atoms with E-state index in [0.717, 1.165) is 25.7 Å². The molecule has 9 heteroatoms. The first-order valence-corrected chi connectivity index (χ1v) is 13.0. The Balaban J connectivity index is 1.56. The van der Waals surface area contributed by atoms with Gasteiger partial charge >= 0.3 is 0 Å². The van der Waals surface area contributed by atoms with Gasteiger partial charge in [0.2, 0.25) is 21.8 Å². The van der Waals surface area contributed by atoms with E-state index in [0.29, 0.717) is 25.1 Å². The first-order valence-electron chi connectivity index (χ1n) is 11.6. The predicted molar refractivity (Wildman–Crippen MR) is 122 cm³/mol. The molecule has 1 saturated heterocycles. The molecule has 178 valence electrons. The van der Waals surface area contributed by atoms with E-state index in [1.54, 1.807) is 19.1 Å². The average Bonchev–Trinajstić information content (AvgIpc) is 3.07. The number of amides is 2. The van der Waals surface area contributed by atoms with Gasteiger partial charge in [0.25, 0.3) is 0 Å². The molecule has 1 saturated carbocycles. The highest BCUT2D eigenvalue weighted by Gasteiger charge is 2.34. The van der Waals surface area contributed by atoms with Crippen molar-refractivity contribution in [1.29, 1.82) is 0 Å². The van der Waals surface area contributed by atoms with E-state index in [-0.39, 0.29) is 29.3 Å². The fourth-order valence-electron chi connectivity index (χ4n) is 4.42. The van der Waals surface area contributed by atoms with Crippen molar-refractivity contribution < 1.29 is 22.7 Å². The second kappa shape index (κ2) is 11.1. The first-order chi connectivity index (χ1) is 15.3. The topological polar surface area (TPSA) is 105 Å². The van der Waals surface area contributed by atoms with E-state index >= 15 is 0 Å². The van der Waals surface area contributed by atoms with Crippen molar-refractivity contribution in [2.45, 2.75) is 75.3 Å². The van der Waals surface area contributed by atoms with Gasteiger partial charge in [-0.25, -0.2) is 8.42 Å². The number of ether oxygens (including phenoxy) is 1. The van der Waals surface area contributed by atoms with Crippen LogP contribution < -0.4 is 15.4 Å². The zero-order chi connectivity index (χ0) is 23.1. The van der Waals surface area contributed by atoms with E-state index in [4.69, 9.17) is 4.74 Å². The molecule has 2 atom stereocenters. The zero-order valence-electron chi connectivity index (χ0n) is 19.0. The Bertz CT molecular complexity index is 879. The summed E-state index contributed by atoms with van der Waals surface area (Å²) in [5, 5.41) is 5.85. The molecule has 2 N–H and O–H groups in total. The number of hydrogen-bond donors (Lipinski definition) is 2. The van der Waals surface area contributed by atoms with E-state index in [9.17, 15) is 18.0 Å². The fourth-order valence-corrected chi connectivity index (χ4v) is 5.94. The lowest BCUT2D eigenvalue weighted by Gasteiger charge is -2.32. The smallest absolute Gasteiger partial charge is 0.243 e. The number of hydrogen-bond acceptors (Lipinski definition) is 5. The second-order valence-electron chi connectivity index (χ2n) is 8.81. The van der Waals surface area contributed by atoms with Gasteiger partial charge in [-0.15, -0.1) is 0 Å². The number of carbonyl (C=O) groups excluding carboxylic acids is 2. The molecule has 1 aliphatic heterocycles. The second-order valence-corrected chi connectivity index (χ2v) is 10.7. The van der Waals surface area contributed by atoms with E-state index in [1.165, 1.54) is 36.4 Å². The third-order valence-corrected chi connectivity index (χ3v) is 8.29. The largest absolute Gasteiger partial charge is 0.497 e. The summed E-state index contributed by atoms with van der Waals surface area (Å²) in [6, 6.07) is 5.75. The summed E-state index contributed by atoms with van der Waals surface area (Å²) in [7, 11) is -2.18. The molecule has 0 radical (unpaired) electrons. The van der Waals surface area contributed by atoms with E-state index in [1.807, 2.05) is 0 Å². The molecule has 1 aliphatic carbocycles. The van der Waals surface area contributed by atoms with Crippen LogP contribution in [0.5, 0.6) is 5.75 Å². The van der Waals surface area contributed by atoms with E-state index < -0.39 is 22.0 Å². The van der Waals surface area contributed by atoms with Crippen LogP contribution in [0.1, 0.15) is 58.3 Å². The summed E-state index contributed by atoms with van der Waals surface area (Å²) in [5.74, 6) is -0.354. The van der Waals surface area contributed by atoms with Crippen LogP contribution in [-0.2, 0) is 19.6 Å². The number of benzene rings is 1. The summed E-state index contributed by atoms with van der Waals surface area (Å²) in [4.78, 5) is 25.6. The van der Waals surface area contributed by atoms with E-state index in [2.05, 4.69) is 10.6 Å². The lowest BCUT2D eigenvalue weighted by atomic mass is 9.98. The molecule has 1 aromatic carbocycles. The summed E-state index contributed by atoms with van der Waals surface area (Å²) in [6.07, 6.45) is 7.79. The van der Waals surface area contributed by atoms with Crippen LogP contribution in [0.2, 0.25) is 0 Å². The Morgan fingerprint density at radius 3 is 2.31 bits per heavy atom. The van der Waals surface area contributed by atoms with Crippen LogP contribution in [0.3, 0.4) is 0 Å². The van der Waals surface area contributed by atoms with Crippen LogP contribution in [0.15, 0.2) is 29.2 Å². The third kappa shape index (κ3) is 6.22. The van der Waals surface area contributed by atoms with Crippen LogP contribution in [0, 0.1) is 5.92 Å². The molecule has 3 rings (SSSR count). The third-order valence-electron chi connectivity index (χ3n) is 6.41. The average molecular weight is 466 g/mol. The molecule has 0 bridgehead atoms. The Morgan fingerprint density at radius 1 is 1.03 bits per heavy atom. The number of piperidine rings is 1.